The molecule has 0 unspecified atom stereocenters. The van der Waals surface area contributed by atoms with Gasteiger partial charge in [0.2, 0.25) is 5.91 Å². The number of carbonyl (C=O) groups is 1. The van der Waals surface area contributed by atoms with E-state index in [9.17, 15) is 9.59 Å². The van der Waals surface area contributed by atoms with Crippen LogP contribution in [0.2, 0.25) is 0 Å². The molecule has 0 radical (unpaired) electrons. The first-order chi connectivity index (χ1) is 13.1. The molecule has 1 aliphatic carbocycles. The number of ether oxygens (including phenoxy) is 1. The van der Waals surface area contributed by atoms with Crippen molar-refractivity contribution in [3.8, 4) is 5.75 Å². The summed E-state index contributed by atoms with van der Waals surface area (Å²) >= 11 is 1.62. The van der Waals surface area contributed by atoms with Crippen LogP contribution in [-0.4, -0.2) is 22.6 Å². The fourth-order valence-corrected chi connectivity index (χ4v) is 5.00. The van der Waals surface area contributed by atoms with E-state index in [1.807, 2.05) is 24.3 Å². The molecule has 0 saturated heterocycles. The third-order valence-corrected chi connectivity index (χ3v) is 6.21. The van der Waals surface area contributed by atoms with Gasteiger partial charge in [-0.2, -0.15) is 0 Å². The molecule has 27 heavy (non-hydrogen) atoms. The molecule has 0 bridgehead atoms. The van der Waals surface area contributed by atoms with Crippen LogP contribution >= 0.6 is 11.3 Å². The number of nitrogens with two attached hydrogens (primary N) is 1. The highest BCUT2D eigenvalue weighted by molar-refractivity contribution is 7.18. The van der Waals surface area contributed by atoms with Gasteiger partial charge >= 0.3 is 0 Å². The summed E-state index contributed by atoms with van der Waals surface area (Å²) in [5.41, 5.74) is 7.35. The zero-order chi connectivity index (χ0) is 19.0. The topological polar surface area (TPSA) is 87.2 Å². The molecule has 1 aromatic carbocycles. The standard InChI is InChI=1S/C20H21N3O3S/c1-26-14-7-3-2-5-12(14)11-17-22-19-18(13-6-4-8-15(13)27-19)20(25)23(17)10-9-16(21)24/h2-3,5,7H,4,6,8-11H2,1H3,(H2,21,24). The van der Waals surface area contributed by atoms with Crippen molar-refractivity contribution in [2.75, 3.05) is 7.11 Å². The van der Waals surface area contributed by atoms with Crippen molar-refractivity contribution >= 4 is 27.5 Å². The summed E-state index contributed by atoms with van der Waals surface area (Å²) in [4.78, 5) is 31.5. The number of fused-ring (bicyclic) bond motifs is 3. The van der Waals surface area contributed by atoms with Gasteiger partial charge in [0.05, 0.1) is 12.5 Å². The summed E-state index contributed by atoms with van der Waals surface area (Å²) in [6.45, 7) is 0.242. The van der Waals surface area contributed by atoms with Crippen molar-refractivity contribution in [2.24, 2.45) is 5.73 Å². The van der Waals surface area contributed by atoms with Crippen LogP contribution in [0.5, 0.6) is 5.75 Å². The lowest BCUT2D eigenvalue weighted by Crippen LogP contribution is -2.28. The number of amides is 1. The van der Waals surface area contributed by atoms with Crippen LogP contribution < -0.4 is 16.0 Å². The minimum Gasteiger partial charge on any atom is -0.496 e. The molecule has 1 aliphatic rings. The number of methoxy groups -OCH3 is 1. The van der Waals surface area contributed by atoms with Crippen LogP contribution in [0.25, 0.3) is 10.2 Å². The van der Waals surface area contributed by atoms with Gasteiger partial charge in [-0.05, 0) is 30.9 Å². The largest absolute Gasteiger partial charge is 0.496 e. The summed E-state index contributed by atoms with van der Waals surface area (Å²) in [6.07, 6.45) is 3.59. The van der Waals surface area contributed by atoms with Crippen LogP contribution in [0.1, 0.15) is 34.7 Å². The lowest BCUT2D eigenvalue weighted by Gasteiger charge is -2.14. The Morgan fingerprint density at radius 1 is 1.33 bits per heavy atom. The Hall–Kier alpha value is -2.67. The van der Waals surface area contributed by atoms with Crippen LogP contribution in [-0.2, 0) is 30.6 Å². The first-order valence-electron chi connectivity index (χ1n) is 9.02. The second kappa shape index (κ2) is 7.15. The molecule has 3 aromatic rings. The SMILES string of the molecule is COc1ccccc1Cc1nc2sc3c(c2c(=O)n1CCC(N)=O)CCC3. The molecule has 0 fully saturated rings. The van der Waals surface area contributed by atoms with Gasteiger partial charge in [-0.25, -0.2) is 4.98 Å². The molecule has 7 heteroatoms. The van der Waals surface area contributed by atoms with E-state index in [4.69, 9.17) is 15.5 Å². The number of carbonyl (C=O) groups excluding carboxylic acids is 1. The number of benzene rings is 1. The zero-order valence-electron chi connectivity index (χ0n) is 15.2. The Kier molecular flexibility index (Phi) is 4.70. The lowest BCUT2D eigenvalue weighted by molar-refractivity contribution is -0.118. The van der Waals surface area contributed by atoms with Gasteiger partial charge in [-0.3, -0.25) is 14.2 Å². The number of primary amides is 1. The number of para-hydroxylation sites is 1. The molecule has 1 amide bonds. The number of rotatable bonds is 6. The first kappa shape index (κ1) is 17.7. The lowest BCUT2D eigenvalue weighted by atomic mass is 10.1. The molecule has 4 rings (SSSR count). The second-order valence-corrected chi connectivity index (χ2v) is 7.81. The Bertz CT molecular complexity index is 1080. The molecule has 0 aliphatic heterocycles. The molecular weight excluding hydrogens is 362 g/mol. The highest BCUT2D eigenvalue weighted by Crippen LogP contribution is 2.35. The van der Waals surface area contributed by atoms with Crippen molar-refractivity contribution in [3.05, 3.63) is 56.4 Å². The molecule has 6 nitrogen and oxygen atoms in total. The van der Waals surface area contributed by atoms with E-state index in [2.05, 4.69) is 0 Å². The number of aromatic nitrogens is 2. The highest BCUT2D eigenvalue weighted by Gasteiger charge is 2.23. The predicted octanol–water partition coefficient (Wildman–Crippen LogP) is 2.42. The van der Waals surface area contributed by atoms with Crippen LogP contribution in [0, 0.1) is 0 Å². The summed E-state index contributed by atoms with van der Waals surface area (Å²) < 4.78 is 7.05. The Morgan fingerprint density at radius 2 is 2.15 bits per heavy atom. The highest BCUT2D eigenvalue weighted by atomic mass is 32.1. The molecule has 0 atom stereocenters. The summed E-state index contributed by atoms with van der Waals surface area (Å²) in [6, 6.07) is 7.69. The zero-order valence-corrected chi connectivity index (χ0v) is 16.0. The molecule has 2 aromatic heterocycles. The minimum atomic E-state index is -0.430. The maximum Gasteiger partial charge on any atom is 0.262 e. The van der Waals surface area contributed by atoms with Crippen LogP contribution in [0.3, 0.4) is 0 Å². The van der Waals surface area contributed by atoms with Gasteiger partial charge in [-0.15, -0.1) is 11.3 Å². The monoisotopic (exact) mass is 383 g/mol. The molecule has 0 saturated carbocycles. The average Bonchev–Trinajstić information content (AvgIpc) is 3.22. The summed E-state index contributed by atoms with van der Waals surface area (Å²) in [5, 5.41) is 0.723. The van der Waals surface area contributed by atoms with Gasteiger partial charge in [0.15, 0.2) is 0 Å². The third kappa shape index (κ3) is 3.23. The van der Waals surface area contributed by atoms with Crippen LogP contribution in [0.15, 0.2) is 29.1 Å². The van der Waals surface area contributed by atoms with Gasteiger partial charge < -0.3 is 10.5 Å². The third-order valence-electron chi connectivity index (χ3n) is 5.03. The average molecular weight is 383 g/mol. The number of nitrogens with zero attached hydrogens (tertiary/aromatic N) is 2. The fourth-order valence-electron chi connectivity index (χ4n) is 3.73. The minimum absolute atomic E-state index is 0.0643. The number of thiophene rings is 1. The Labute approximate surface area is 160 Å². The number of aryl methyl sites for hydroxylation is 2. The summed E-state index contributed by atoms with van der Waals surface area (Å²) in [7, 11) is 1.62. The first-order valence-corrected chi connectivity index (χ1v) is 9.84. The van der Waals surface area contributed by atoms with Gasteiger partial charge in [0.1, 0.15) is 16.4 Å². The van der Waals surface area contributed by atoms with Crippen molar-refractivity contribution in [1.82, 2.24) is 9.55 Å². The van der Waals surface area contributed by atoms with E-state index in [1.54, 1.807) is 23.0 Å². The predicted molar refractivity (Wildman–Crippen MR) is 106 cm³/mol. The number of hydrogen-bond donors (Lipinski definition) is 1. The fraction of sp³-hybridized carbons (Fsp3) is 0.350. The van der Waals surface area contributed by atoms with E-state index in [-0.39, 0.29) is 18.5 Å². The molecule has 0 spiro atoms. The number of hydrogen-bond acceptors (Lipinski definition) is 5. The second-order valence-electron chi connectivity index (χ2n) is 6.73. The van der Waals surface area contributed by atoms with E-state index in [0.29, 0.717) is 12.2 Å². The van der Waals surface area contributed by atoms with Crippen molar-refractivity contribution in [2.45, 2.75) is 38.6 Å². The van der Waals surface area contributed by atoms with E-state index >= 15 is 0 Å². The molecule has 2 N–H and O–H groups in total. The summed E-state index contributed by atoms with van der Waals surface area (Å²) in [5.74, 6) is 0.959. The van der Waals surface area contributed by atoms with E-state index in [0.717, 1.165) is 46.4 Å². The van der Waals surface area contributed by atoms with Gasteiger partial charge in [0.25, 0.3) is 5.56 Å². The molecule has 140 valence electrons. The maximum absolute atomic E-state index is 13.3. The van der Waals surface area contributed by atoms with Gasteiger partial charge in [-0.1, -0.05) is 18.2 Å². The van der Waals surface area contributed by atoms with Crippen LogP contribution in [0.4, 0.5) is 0 Å². The van der Waals surface area contributed by atoms with Gasteiger partial charge in [0, 0.05) is 29.8 Å². The Morgan fingerprint density at radius 3 is 2.93 bits per heavy atom. The quantitative estimate of drug-likeness (QED) is 0.708. The van der Waals surface area contributed by atoms with E-state index < -0.39 is 5.91 Å². The molecular formula is C20H21N3O3S. The maximum atomic E-state index is 13.3. The van der Waals surface area contributed by atoms with Crippen molar-refractivity contribution in [1.29, 1.82) is 0 Å². The normalized spacial score (nSPS) is 13.1. The van der Waals surface area contributed by atoms with E-state index in [1.165, 1.54) is 4.88 Å². The molecule has 2 heterocycles. The van der Waals surface area contributed by atoms with Crippen molar-refractivity contribution < 1.29 is 9.53 Å². The Balaban J connectivity index is 1.86. The van der Waals surface area contributed by atoms with Crippen molar-refractivity contribution in [3.63, 3.8) is 0 Å². The smallest absolute Gasteiger partial charge is 0.262 e.